The maximum atomic E-state index is 12.7. The fraction of sp³-hybridized carbons (Fsp3) is 0.618. The molecule has 0 spiro atoms. The van der Waals surface area contributed by atoms with Crippen LogP contribution in [0.1, 0.15) is 201 Å². The van der Waals surface area contributed by atoms with E-state index in [0.29, 0.717) is 12.8 Å². The van der Waals surface area contributed by atoms with E-state index in [1.807, 2.05) is 18.2 Å². The van der Waals surface area contributed by atoms with E-state index in [2.05, 4.69) is 112 Å². The van der Waals surface area contributed by atoms with Crippen molar-refractivity contribution in [1.29, 1.82) is 0 Å². The molecule has 0 heterocycles. The number of ether oxygens (including phenoxy) is 3. The molecule has 0 aromatic heterocycles. The monoisotopic (exact) mass is 845 g/mol. The van der Waals surface area contributed by atoms with Crippen molar-refractivity contribution in [2.45, 2.75) is 207 Å². The fourth-order valence-corrected chi connectivity index (χ4v) is 6.23. The number of hydrogen-bond donors (Lipinski definition) is 0. The largest absolute Gasteiger partial charge is 0.462 e. The Hall–Kier alpha value is -3.93. The summed E-state index contributed by atoms with van der Waals surface area (Å²) in [4.78, 5) is 37.8. The second kappa shape index (κ2) is 48.7. The van der Waals surface area contributed by atoms with Gasteiger partial charge in [0.1, 0.15) is 13.2 Å². The molecule has 0 saturated carbocycles. The van der Waals surface area contributed by atoms with Crippen molar-refractivity contribution in [3.8, 4) is 0 Å². The van der Waals surface area contributed by atoms with Gasteiger partial charge in [-0.05, 0) is 77.0 Å². The first-order chi connectivity index (χ1) is 30.0. The van der Waals surface area contributed by atoms with Crippen molar-refractivity contribution >= 4 is 17.9 Å². The lowest BCUT2D eigenvalue weighted by Crippen LogP contribution is -2.30. The van der Waals surface area contributed by atoms with Gasteiger partial charge < -0.3 is 14.2 Å². The van der Waals surface area contributed by atoms with Gasteiger partial charge in [-0.3, -0.25) is 14.4 Å². The molecule has 344 valence electrons. The highest BCUT2D eigenvalue weighted by atomic mass is 16.6. The topological polar surface area (TPSA) is 78.9 Å². The summed E-state index contributed by atoms with van der Waals surface area (Å²) in [6.07, 6.45) is 65.1. The van der Waals surface area contributed by atoms with Crippen LogP contribution in [0.15, 0.2) is 109 Å². The van der Waals surface area contributed by atoms with Gasteiger partial charge in [0, 0.05) is 19.3 Å². The smallest absolute Gasteiger partial charge is 0.306 e. The van der Waals surface area contributed by atoms with E-state index >= 15 is 0 Å². The number of allylic oxidation sites excluding steroid dienone is 18. The van der Waals surface area contributed by atoms with E-state index in [-0.39, 0.29) is 44.0 Å². The van der Waals surface area contributed by atoms with Crippen LogP contribution in [0.25, 0.3) is 0 Å². The van der Waals surface area contributed by atoms with Crippen LogP contribution in [0.4, 0.5) is 0 Å². The molecule has 1 atom stereocenters. The minimum atomic E-state index is -0.818. The summed E-state index contributed by atoms with van der Waals surface area (Å²) < 4.78 is 16.7. The van der Waals surface area contributed by atoms with E-state index in [1.165, 1.54) is 51.4 Å². The third-order valence-corrected chi connectivity index (χ3v) is 9.85. The van der Waals surface area contributed by atoms with E-state index in [9.17, 15) is 14.4 Å². The normalized spacial score (nSPS) is 13.0. The van der Waals surface area contributed by atoms with Crippen LogP contribution in [0.3, 0.4) is 0 Å². The maximum absolute atomic E-state index is 12.7. The van der Waals surface area contributed by atoms with Gasteiger partial charge in [0.05, 0.1) is 0 Å². The number of rotatable bonds is 42. The molecule has 6 nitrogen and oxygen atoms in total. The second-order valence-corrected chi connectivity index (χ2v) is 15.7. The minimum absolute atomic E-state index is 0.110. The second-order valence-electron chi connectivity index (χ2n) is 15.7. The Labute approximate surface area is 374 Å². The molecule has 0 aromatic carbocycles. The molecule has 0 saturated heterocycles. The molecule has 0 radical (unpaired) electrons. The van der Waals surface area contributed by atoms with Gasteiger partial charge in [0.15, 0.2) is 6.10 Å². The van der Waals surface area contributed by atoms with E-state index in [1.54, 1.807) is 0 Å². The van der Waals surface area contributed by atoms with Gasteiger partial charge in [-0.1, -0.05) is 214 Å². The maximum Gasteiger partial charge on any atom is 0.306 e. The highest BCUT2D eigenvalue weighted by Crippen LogP contribution is 2.13. The summed E-state index contributed by atoms with van der Waals surface area (Å²) in [7, 11) is 0. The minimum Gasteiger partial charge on any atom is -0.462 e. The highest BCUT2D eigenvalue weighted by Gasteiger charge is 2.19. The van der Waals surface area contributed by atoms with E-state index < -0.39 is 6.10 Å². The Morgan fingerprint density at radius 2 is 0.754 bits per heavy atom. The molecule has 0 aliphatic rings. The van der Waals surface area contributed by atoms with Crippen molar-refractivity contribution in [2.24, 2.45) is 0 Å². The molecule has 61 heavy (non-hydrogen) atoms. The van der Waals surface area contributed by atoms with Crippen molar-refractivity contribution in [2.75, 3.05) is 13.2 Å². The predicted molar refractivity (Wildman–Crippen MR) is 260 cm³/mol. The number of carbonyl (C=O) groups is 3. The van der Waals surface area contributed by atoms with Crippen molar-refractivity contribution in [3.05, 3.63) is 109 Å². The van der Waals surface area contributed by atoms with Crippen LogP contribution in [0.2, 0.25) is 0 Å². The lowest BCUT2D eigenvalue weighted by molar-refractivity contribution is -0.166. The van der Waals surface area contributed by atoms with Crippen LogP contribution in [-0.2, 0) is 28.6 Å². The molecular weight excluding hydrogens is 757 g/mol. The fourth-order valence-electron chi connectivity index (χ4n) is 6.23. The molecule has 0 rings (SSSR count). The van der Waals surface area contributed by atoms with Gasteiger partial charge in [0.25, 0.3) is 0 Å². The summed E-state index contributed by atoms with van der Waals surface area (Å²) in [5, 5.41) is 0. The lowest BCUT2D eigenvalue weighted by atomic mass is 10.1. The molecule has 1 unspecified atom stereocenters. The summed E-state index contributed by atoms with van der Waals surface area (Å²) in [6, 6.07) is 0. The molecule has 0 N–H and O–H groups in total. The van der Waals surface area contributed by atoms with Crippen LogP contribution in [-0.4, -0.2) is 37.2 Å². The molecule has 0 aromatic rings. The zero-order chi connectivity index (χ0) is 44.4. The van der Waals surface area contributed by atoms with E-state index in [4.69, 9.17) is 14.2 Å². The first kappa shape index (κ1) is 57.1. The van der Waals surface area contributed by atoms with Gasteiger partial charge >= 0.3 is 17.9 Å². The standard InChI is InChI=1S/C55H88O6/c1-4-7-10-13-16-19-22-24-25-26-27-28-29-31-33-36-39-42-45-48-54(57)60-51-52(50-59-53(56)47-44-41-38-35-32-21-18-15-12-9-6-3)61-55(58)49-46-43-40-37-34-30-23-20-17-14-11-8-5-2/h7-8,10-11,14,16-17,19-20,23-25,27-28,31,33,39,42,52H,4-6,9,12-13,15,18,21-22,26,29-30,32,34-38,40-41,43-51H2,1-3H3/b10-7-,11-8-,17-14-,19-16-,23-20-,25-24-,28-27-,33-31-,42-39-. The molecule has 6 heteroatoms. The first-order valence-corrected chi connectivity index (χ1v) is 24.4. The van der Waals surface area contributed by atoms with Crippen LogP contribution in [0, 0.1) is 0 Å². The van der Waals surface area contributed by atoms with Crippen molar-refractivity contribution in [1.82, 2.24) is 0 Å². The third kappa shape index (κ3) is 47.0. The Morgan fingerprint density at radius 3 is 1.25 bits per heavy atom. The zero-order valence-electron chi connectivity index (χ0n) is 39.1. The summed E-state index contributed by atoms with van der Waals surface area (Å²) in [5.74, 6) is -1.03. The van der Waals surface area contributed by atoms with Crippen LogP contribution < -0.4 is 0 Å². The van der Waals surface area contributed by atoms with Gasteiger partial charge in [0.2, 0.25) is 0 Å². The third-order valence-electron chi connectivity index (χ3n) is 9.85. The van der Waals surface area contributed by atoms with Crippen molar-refractivity contribution < 1.29 is 28.6 Å². The summed E-state index contributed by atoms with van der Waals surface area (Å²) in [6.45, 7) is 6.28. The van der Waals surface area contributed by atoms with Crippen LogP contribution in [0.5, 0.6) is 0 Å². The highest BCUT2D eigenvalue weighted by molar-refractivity contribution is 5.71. The average molecular weight is 845 g/mol. The number of hydrogen-bond acceptors (Lipinski definition) is 6. The predicted octanol–water partition coefficient (Wildman–Crippen LogP) is 16.0. The summed E-state index contributed by atoms with van der Waals surface area (Å²) >= 11 is 0. The van der Waals surface area contributed by atoms with Gasteiger partial charge in [-0.25, -0.2) is 0 Å². The number of esters is 3. The quantitative estimate of drug-likeness (QED) is 0.0200. The summed E-state index contributed by atoms with van der Waals surface area (Å²) in [5.41, 5.74) is 0. The first-order valence-electron chi connectivity index (χ1n) is 24.4. The molecule has 0 aliphatic carbocycles. The molecule has 0 fully saturated rings. The molecule has 0 bridgehead atoms. The number of carbonyl (C=O) groups excluding carboxylic acids is 3. The van der Waals surface area contributed by atoms with Crippen molar-refractivity contribution in [3.63, 3.8) is 0 Å². The van der Waals surface area contributed by atoms with Crippen LogP contribution >= 0.6 is 0 Å². The lowest BCUT2D eigenvalue weighted by Gasteiger charge is -2.18. The van der Waals surface area contributed by atoms with Gasteiger partial charge in [-0.15, -0.1) is 0 Å². The molecule has 0 aliphatic heterocycles. The molecular formula is C55H88O6. The van der Waals surface area contributed by atoms with E-state index in [0.717, 1.165) is 103 Å². The SMILES string of the molecule is CC\C=C/C=C\C=C/CCCCCCCC(=O)OC(COC(=O)CC/C=C\C/C=C\C/C=C\C/C=C\C/C=C\C/C=C\CC)COC(=O)CCCCCCCCCCCCC. The Morgan fingerprint density at radius 1 is 0.361 bits per heavy atom. The Balaban J connectivity index is 4.52. The Kier molecular flexibility index (Phi) is 45.6. The molecule has 0 amide bonds. The van der Waals surface area contributed by atoms with Gasteiger partial charge in [-0.2, -0.15) is 0 Å². The number of unbranched alkanes of at least 4 members (excludes halogenated alkanes) is 15. The Bertz CT molecular complexity index is 1290. The zero-order valence-corrected chi connectivity index (χ0v) is 39.1. The average Bonchev–Trinajstić information content (AvgIpc) is 3.26.